The standard InChI is InChI=1S/C33H50N8O14/c42-27(36-9-2-1-5-23(31(49)50)37-33(53)38-24(32(51)52)6-7-28(43)44)8-16-55-18-17-54-15-4-3-12-39(19-25-34-10-13-40(25)21-29(45)46)20-26-35-11-14-41(26)22-30(47)48/h10-11,13-14,23-24H,1-9,12,15-22H2,(H,36,42)(H,43,44)(H,45,46)(H,47,48)(H,49,50)(H,51,52)(H2,37,38,53)/t23-,24-/m0/s1. The number of carbonyl (C=O) groups excluding carboxylic acids is 2. The number of ether oxygens (including phenoxy) is 2. The quantitative estimate of drug-likeness (QED) is 0.0460. The van der Waals surface area contributed by atoms with Crippen molar-refractivity contribution in [3.05, 3.63) is 36.4 Å². The van der Waals surface area contributed by atoms with E-state index in [1.54, 1.807) is 12.4 Å². The molecule has 3 amide bonds. The maximum absolute atomic E-state index is 12.1. The van der Waals surface area contributed by atoms with Gasteiger partial charge in [-0.1, -0.05) is 0 Å². The Kier molecular flexibility index (Phi) is 21.0. The fourth-order valence-electron chi connectivity index (χ4n) is 5.13. The molecule has 0 aromatic carbocycles. The molecular weight excluding hydrogens is 732 g/mol. The van der Waals surface area contributed by atoms with Gasteiger partial charge in [0.1, 0.15) is 36.8 Å². The number of imidazole rings is 2. The van der Waals surface area contributed by atoms with E-state index in [0.29, 0.717) is 70.2 Å². The Balaban J connectivity index is 1.60. The number of carbonyl (C=O) groups is 7. The molecule has 8 N–H and O–H groups in total. The van der Waals surface area contributed by atoms with Crippen molar-refractivity contribution >= 4 is 41.8 Å². The highest BCUT2D eigenvalue weighted by Crippen LogP contribution is 2.11. The van der Waals surface area contributed by atoms with E-state index in [2.05, 4.69) is 25.9 Å². The number of aromatic nitrogens is 4. The molecule has 55 heavy (non-hydrogen) atoms. The molecule has 0 bridgehead atoms. The van der Waals surface area contributed by atoms with Gasteiger partial charge in [-0.25, -0.2) is 24.4 Å². The van der Waals surface area contributed by atoms with Gasteiger partial charge < -0.3 is 60.1 Å². The number of unbranched alkanes of at least 4 members (excludes halogenated alkanes) is 2. The van der Waals surface area contributed by atoms with Gasteiger partial charge in [-0.15, -0.1) is 0 Å². The van der Waals surface area contributed by atoms with Crippen molar-refractivity contribution in [2.45, 2.75) is 89.6 Å². The molecule has 306 valence electrons. The summed E-state index contributed by atoms with van der Waals surface area (Å²) in [6, 6.07) is -3.88. The van der Waals surface area contributed by atoms with Gasteiger partial charge in [0.05, 0.1) is 32.9 Å². The smallest absolute Gasteiger partial charge is 0.326 e. The highest BCUT2D eigenvalue weighted by Gasteiger charge is 2.25. The number of nitrogens with one attached hydrogen (secondary N) is 3. The molecule has 0 aliphatic heterocycles. The van der Waals surface area contributed by atoms with E-state index in [4.69, 9.17) is 19.7 Å². The van der Waals surface area contributed by atoms with E-state index < -0.39 is 54.4 Å². The number of aliphatic carboxylic acids is 5. The molecule has 0 saturated carbocycles. The average molecular weight is 783 g/mol. The van der Waals surface area contributed by atoms with E-state index >= 15 is 0 Å². The van der Waals surface area contributed by atoms with Gasteiger partial charge in [0, 0.05) is 50.8 Å². The van der Waals surface area contributed by atoms with Crippen molar-refractivity contribution in [1.82, 2.24) is 40.0 Å². The second kappa shape index (κ2) is 25.4. The summed E-state index contributed by atoms with van der Waals surface area (Å²) in [5.41, 5.74) is 0. The Bertz CT molecular complexity index is 1490. The number of hydrogen-bond acceptors (Lipinski definition) is 12. The van der Waals surface area contributed by atoms with Gasteiger partial charge in [-0.2, -0.15) is 0 Å². The summed E-state index contributed by atoms with van der Waals surface area (Å²) in [6.45, 7) is 2.18. The topological polar surface area (TPSA) is 314 Å². The molecule has 22 nitrogen and oxygen atoms in total. The van der Waals surface area contributed by atoms with Gasteiger partial charge in [-0.05, 0) is 45.1 Å². The van der Waals surface area contributed by atoms with Gasteiger partial charge in [0.25, 0.3) is 0 Å². The lowest BCUT2D eigenvalue weighted by molar-refractivity contribution is -0.141. The first-order valence-corrected chi connectivity index (χ1v) is 17.6. The van der Waals surface area contributed by atoms with Crippen LogP contribution in [0.15, 0.2) is 24.8 Å². The maximum atomic E-state index is 12.1. The van der Waals surface area contributed by atoms with E-state index in [1.165, 1.54) is 21.5 Å². The van der Waals surface area contributed by atoms with Crippen LogP contribution in [0.3, 0.4) is 0 Å². The Morgan fingerprint density at radius 3 is 1.73 bits per heavy atom. The lowest BCUT2D eigenvalue weighted by Crippen LogP contribution is -2.51. The van der Waals surface area contributed by atoms with E-state index in [1.807, 2.05) is 4.90 Å². The number of carboxylic acids is 5. The molecule has 2 aromatic rings. The Morgan fingerprint density at radius 2 is 1.20 bits per heavy atom. The van der Waals surface area contributed by atoms with Gasteiger partial charge in [0.15, 0.2) is 0 Å². The maximum Gasteiger partial charge on any atom is 0.326 e. The minimum Gasteiger partial charge on any atom is -0.481 e. The van der Waals surface area contributed by atoms with Crippen LogP contribution >= 0.6 is 0 Å². The third kappa shape index (κ3) is 19.9. The number of carboxylic acid groups (broad SMARTS) is 5. The summed E-state index contributed by atoms with van der Waals surface area (Å²) in [7, 11) is 0. The van der Waals surface area contributed by atoms with E-state index in [9.17, 15) is 48.9 Å². The van der Waals surface area contributed by atoms with Crippen LogP contribution in [0.5, 0.6) is 0 Å². The molecule has 0 saturated heterocycles. The van der Waals surface area contributed by atoms with E-state index in [0.717, 1.165) is 0 Å². The average Bonchev–Trinajstić information content (AvgIpc) is 3.73. The lowest BCUT2D eigenvalue weighted by Gasteiger charge is -2.22. The first-order chi connectivity index (χ1) is 26.2. The Morgan fingerprint density at radius 1 is 0.655 bits per heavy atom. The molecule has 0 radical (unpaired) electrons. The zero-order valence-electron chi connectivity index (χ0n) is 30.3. The third-order valence-electron chi connectivity index (χ3n) is 7.90. The number of rotatable bonds is 31. The van der Waals surface area contributed by atoms with Gasteiger partial charge in [0.2, 0.25) is 5.91 Å². The summed E-state index contributed by atoms with van der Waals surface area (Å²) < 4.78 is 14.2. The molecule has 2 heterocycles. The number of nitrogens with zero attached hydrogens (tertiary/aromatic N) is 5. The molecule has 0 aliphatic carbocycles. The summed E-state index contributed by atoms with van der Waals surface area (Å²) >= 11 is 0. The highest BCUT2D eigenvalue weighted by atomic mass is 16.5. The predicted octanol–water partition coefficient (Wildman–Crippen LogP) is -0.189. The minimum atomic E-state index is -1.50. The van der Waals surface area contributed by atoms with E-state index in [-0.39, 0.29) is 58.0 Å². The summed E-state index contributed by atoms with van der Waals surface area (Å²) in [5, 5.41) is 52.6. The van der Waals surface area contributed by atoms with Crippen LogP contribution in [0.4, 0.5) is 4.79 Å². The zero-order valence-corrected chi connectivity index (χ0v) is 30.3. The summed E-state index contributed by atoms with van der Waals surface area (Å²) in [6.07, 6.45) is 7.60. The Labute approximate surface area is 315 Å². The van der Waals surface area contributed by atoms with Crippen molar-refractivity contribution in [1.29, 1.82) is 0 Å². The molecule has 0 aliphatic rings. The fraction of sp³-hybridized carbons (Fsp3) is 0.606. The number of urea groups is 1. The largest absolute Gasteiger partial charge is 0.481 e. The summed E-state index contributed by atoms with van der Waals surface area (Å²) in [4.78, 5) is 90.7. The minimum absolute atomic E-state index is 0.00840. The lowest BCUT2D eigenvalue weighted by atomic mass is 10.1. The third-order valence-corrected chi connectivity index (χ3v) is 7.90. The van der Waals surface area contributed by atoms with Crippen LogP contribution < -0.4 is 16.0 Å². The summed E-state index contributed by atoms with van der Waals surface area (Å²) in [5.74, 6) is -5.20. The molecular formula is C33H50N8O14. The SMILES string of the molecule is O=C(O)CC[C@H](NC(=O)N[C@@H](CCCCNC(=O)CCOCCOCCCCN(Cc1nccn1CC(=O)O)Cc1nccn1CC(=O)O)C(=O)O)C(=O)O. The number of hydrogen-bond donors (Lipinski definition) is 8. The van der Waals surface area contributed by atoms with Crippen LogP contribution in [-0.4, -0.2) is 143 Å². The second-order valence-electron chi connectivity index (χ2n) is 12.3. The van der Waals surface area contributed by atoms with Crippen molar-refractivity contribution in [2.75, 3.05) is 39.5 Å². The molecule has 0 unspecified atom stereocenters. The van der Waals surface area contributed by atoms with Crippen LogP contribution in [-0.2, 0) is 64.4 Å². The monoisotopic (exact) mass is 782 g/mol. The van der Waals surface area contributed by atoms with Crippen molar-refractivity contribution in [2.24, 2.45) is 0 Å². The predicted molar refractivity (Wildman–Crippen MR) is 188 cm³/mol. The second-order valence-corrected chi connectivity index (χ2v) is 12.3. The zero-order chi connectivity index (χ0) is 40.6. The fourth-order valence-corrected chi connectivity index (χ4v) is 5.13. The van der Waals surface area contributed by atoms with Crippen LogP contribution in [0.25, 0.3) is 0 Å². The molecule has 2 atom stereocenters. The Hall–Kier alpha value is -5.61. The van der Waals surface area contributed by atoms with Crippen molar-refractivity contribution in [3.8, 4) is 0 Å². The molecule has 0 spiro atoms. The normalized spacial score (nSPS) is 12.2. The first-order valence-electron chi connectivity index (χ1n) is 17.6. The number of amides is 3. The van der Waals surface area contributed by atoms with Crippen LogP contribution in [0.1, 0.15) is 63.0 Å². The highest BCUT2D eigenvalue weighted by molar-refractivity contribution is 5.86. The van der Waals surface area contributed by atoms with Crippen molar-refractivity contribution in [3.63, 3.8) is 0 Å². The van der Waals surface area contributed by atoms with Crippen LogP contribution in [0.2, 0.25) is 0 Å². The first kappa shape index (κ1) is 45.5. The van der Waals surface area contributed by atoms with Gasteiger partial charge in [-0.3, -0.25) is 24.1 Å². The molecule has 2 rings (SSSR count). The molecule has 22 heteroatoms. The molecule has 0 fully saturated rings. The van der Waals surface area contributed by atoms with Crippen molar-refractivity contribution < 1.29 is 68.6 Å². The van der Waals surface area contributed by atoms with Crippen LogP contribution in [0, 0.1) is 0 Å². The molecule has 2 aromatic heterocycles. The van der Waals surface area contributed by atoms with Gasteiger partial charge >= 0.3 is 35.9 Å².